The standard InChI is InChI=1S/C22H23N5O2S/c1-3-4-12-18-15(2)23-21-24-22(25-27(21)20(18)29)26(14-17-11-8-13-30-17)19(28)16-9-6-5-7-10-16/h5-11,13H,3-4,12,14H2,1-2H3,(H,23,24,25). The third-order valence-corrected chi connectivity index (χ3v) is 5.84. The molecule has 0 aliphatic rings. The normalized spacial score (nSPS) is 11.1. The maximum Gasteiger partial charge on any atom is 0.277 e. The summed E-state index contributed by atoms with van der Waals surface area (Å²) in [5.41, 5.74) is 1.76. The summed E-state index contributed by atoms with van der Waals surface area (Å²) in [5, 5.41) is 4.98. The summed E-state index contributed by atoms with van der Waals surface area (Å²) in [4.78, 5) is 37.8. The van der Waals surface area contributed by atoms with E-state index in [9.17, 15) is 9.59 Å². The van der Waals surface area contributed by atoms with Crippen LogP contribution >= 0.6 is 11.3 Å². The lowest BCUT2D eigenvalue weighted by Gasteiger charge is -2.19. The van der Waals surface area contributed by atoms with E-state index in [1.165, 1.54) is 4.52 Å². The van der Waals surface area contributed by atoms with Crippen LogP contribution in [0.25, 0.3) is 5.78 Å². The molecule has 8 heteroatoms. The highest BCUT2D eigenvalue weighted by molar-refractivity contribution is 7.09. The number of unbranched alkanes of at least 4 members (excludes halogenated alkanes) is 1. The number of benzene rings is 1. The molecule has 0 unspecified atom stereocenters. The van der Waals surface area contributed by atoms with Crippen LogP contribution in [0, 0.1) is 6.92 Å². The van der Waals surface area contributed by atoms with Gasteiger partial charge in [0.2, 0.25) is 5.95 Å². The van der Waals surface area contributed by atoms with E-state index in [0.717, 1.165) is 17.7 Å². The molecule has 3 heterocycles. The Labute approximate surface area is 178 Å². The zero-order valence-electron chi connectivity index (χ0n) is 17.0. The summed E-state index contributed by atoms with van der Waals surface area (Å²) >= 11 is 1.56. The van der Waals surface area contributed by atoms with Crippen molar-refractivity contribution >= 4 is 29.0 Å². The first-order valence-electron chi connectivity index (χ1n) is 9.96. The highest BCUT2D eigenvalue weighted by Gasteiger charge is 2.23. The van der Waals surface area contributed by atoms with E-state index in [0.29, 0.717) is 35.7 Å². The van der Waals surface area contributed by atoms with Gasteiger partial charge in [-0.15, -0.1) is 11.3 Å². The zero-order chi connectivity index (χ0) is 21.1. The van der Waals surface area contributed by atoms with Gasteiger partial charge in [-0.1, -0.05) is 37.6 Å². The van der Waals surface area contributed by atoms with Gasteiger partial charge in [0.15, 0.2) is 0 Å². The quantitative estimate of drug-likeness (QED) is 0.489. The third kappa shape index (κ3) is 3.91. The van der Waals surface area contributed by atoms with Crippen molar-refractivity contribution in [3.05, 3.63) is 79.9 Å². The Balaban J connectivity index is 1.79. The highest BCUT2D eigenvalue weighted by atomic mass is 32.1. The molecule has 4 rings (SSSR count). The number of rotatable bonds is 7. The number of thiophene rings is 1. The Kier molecular flexibility index (Phi) is 5.76. The Morgan fingerprint density at radius 1 is 1.17 bits per heavy atom. The Hall–Kier alpha value is -3.26. The molecule has 7 nitrogen and oxygen atoms in total. The molecule has 30 heavy (non-hydrogen) atoms. The zero-order valence-corrected chi connectivity index (χ0v) is 17.8. The van der Waals surface area contributed by atoms with Crippen LogP contribution in [0.4, 0.5) is 5.95 Å². The first-order valence-corrected chi connectivity index (χ1v) is 10.8. The maximum atomic E-state index is 13.3. The smallest absolute Gasteiger partial charge is 0.272 e. The molecule has 0 aliphatic heterocycles. The van der Waals surface area contributed by atoms with Gasteiger partial charge in [-0.3, -0.25) is 19.6 Å². The highest BCUT2D eigenvalue weighted by Crippen LogP contribution is 2.20. The largest absolute Gasteiger partial charge is 0.277 e. The molecule has 0 fully saturated rings. The van der Waals surface area contributed by atoms with E-state index in [2.05, 4.69) is 22.0 Å². The minimum atomic E-state index is -0.195. The molecular formula is C22H23N5O2S. The van der Waals surface area contributed by atoms with Gasteiger partial charge in [0, 0.05) is 16.0 Å². The van der Waals surface area contributed by atoms with Crippen LogP contribution in [0.3, 0.4) is 0 Å². The number of anilines is 1. The van der Waals surface area contributed by atoms with Gasteiger partial charge in [0.1, 0.15) is 0 Å². The molecule has 0 saturated carbocycles. The summed E-state index contributed by atoms with van der Waals surface area (Å²) in [5.74, 6) is 0.373. The van der Waals surface area contributed by atoms with Crippen molar-refractivity contribution in [1.29, 1.82) is 0 Å². The van der Waals surface area contributed by atoms with Crippen LogP contribution in [-0.2, 0) is 13.0 Å². The molecule has 3 aromatic heterocycles. The predicted octanol–water partition coefficient (Wildman–Crippen LogP) is 3.98. The van der Waals surface area contributed by atoms with Crippen molar-refractivity contribution in [3.63, 3.8) is 0 Å². The van der Waals surface area contributed by atoms with E-state index < -0.39 is 0 Å². The number of hydrogen-bond donors (Lipinski definition) is 1. The van der Waals surface area contributed by atoms with E-state index in [-0.39, 0.29) is 17.2 Å². The van der Waals surface area contributed by atoms with Crippen LogP contribution in [0.5, 0.6) is 0 Å². The molecule has 0 atom stereocenters. The summed E-state index contributed by atoms with van der Waals surface area (Å²) in [6.45, 7) is 4.27. The van der Waals surface area contributed by atoms with Crippen LogP contribution in [-0.4, -0.2) is 25.5 Å². The van der Waals surface area contributed by atoms with Gasteiger partial charge < -0.3 is 0 Å². The minimum absolute atomic E-state index is 0.159. The minimum Gasteiger partial charge on any atom is -0.272 e. The van der Waals surface area contributed by atoms with Gasteiger partial charge in [-0.25, -0.2) is 4.98 Å². The first-order chi connectivity index (χ1) is 14.6. The topological polar surface area (TPSA) is 83.4 Å². The fourth-order valence-corrected chi connectivity index (χ4v) is 4.04. The summed E-state index contributed by atoms with van der Waals surface area (Å²) < 4.78 is 1.34. The van der Waals surface area contributed by atoms with Crippen molar-refractivity contribution in [3.8, 4) is 0 Å². The molecule has 4 aromatic rings. The van der Waals surface area contributed by atoms with Crippen LogP contribution < -0.4 is 10.5 Å². The van der Waals surface area contributed by atoms with Crippen LogP contribution in [0.1, 0.15) is 46.3 Å². The number of aromatic nitrogens is 4. The number of aromatic amines is 1. The fourth-order valence-electron chi connectivity index (χ4n) is 3.34. The van der Waals surface area contributed by atoms with Gasteiger partial charge in [0.05, 0.1) is 12.2 Å². The average molecular weight is 422 g/mol. The molecule has 0 saturated heterocycles. The molecule has 154 valence electrons. The Morgan fingerprint density at radius 3 is 2.67 bits per heavy atom. The lowest BCUT2D eigenvalue weighted by Crippen LogP contribution is -2.31. The second kappa shape index (κ2) is 8.62. The fraction of sp³-hybridized carbons (Fsp3) is 0.273. The third-order valence-electron chi connectivity index (χ3n) is 4.98. The summed E-state index contributed by atoms with van der Waals surface area (Å²) in [6, 6.07) is 13.0. The summed E-state index contributed by atoms with van der Waals surface area (Å²) in [7, 11) is 0. The number of carbonyl (C=O) groups excluding carboxylic acids is 1. The number of carbonyl (C=O) groups is 1. The number of nitrogens with zero attached hydrogens (tertiary/aromatic N) is 4. The second-order valence-corrected chi connectivity index (χ2v) is 8.14. The number of hydrogen-bond acceptors (Lipinski definition) is 5. The predicted molar refractivity (Wildman–Crippen MR) is 118 cm³/mol. The van der Waals surface area contributed by atoms with E-state index in [1.807, 2.05) is 42.6 Å². The molecule has 1 N–H and O–H groups in total. The Morgan fingerprint density at radius 2 is 1.97 bits per heavy atom. The lowest BCUT2D eigenvalue weighted by molar-refractivity contribution is 0.0983. The average Bonchev–Trinajstić information content (AvgIpc) is 3.42. The van der Waals surface area contributed by atoms with Crippen molar-refractivity contribution in [2.45, 2.75) is 39.7 Å². The molecule has 0 bridgehead atoms. The van der Waals surface area contributed by atoms with Gasteiger partial charge >= 0.3 is 0 Å². The molecule has 0 radical (unpaired) electrons. The van der Waals surface area contributed by atoms with Gasteiger partial charge in [-0.05, 0) is 43.3 Å². The van der Waals surface area contributed by atoms with E-state index in [1.54, 1.807) is 28.4 Å². The SMILES string of the molecule is CCCCc1c(C)nc2nc(N(Cc3cccs3)C(=O)c3ccccc3)[nH]n2c1=O. The molecular weight excluding hydrogens is 398 g/mol. The van der Waals surface area contributed by atoms with Gasteiger partial charge in [0.25, 0.3) is 17.2 Å². The lowest BCUT2D eigenvalue weighted by atomic mass is 10.1. The monoisotopic (exact) mass is 421 g/mol. The number of H-pyrrole nitrogens is 1. The van der Waals surface area contributed by atoms with Crippen LogP contribution in [0.2, 0.25) is 0 Å². The molecule has 1 aromatic carbocycles. The summed E-state index contributed by atoms with van der Waals surface area (Å²) in [6.07, 6.45) is 2.59. The van der Waals surface area contributed by atoms with Crippen LogP contribution in [0.15, 0.2) is 52.6 Å². The number of aryl methyl sites for hydroxylation is 1. The molecule has 1 amide bonds. The van der Waals surface area contributed by atoms with Crippen molar-refractivity contribution in [2.75, 3.05) is 4.90 Å². The van der Waals surface area contributed by atoms with Gasteiger partial charge in [-0.2, -0.15) is 9.50 Å². The van der Waals surface area contributed by atoms with Crippen molar-refractivity contribution in [2.24, 2.45) is 0 Å². The van der Waals surface area contributed by atoms with Crippen molar-refractivity contribution < 1.29 is 4.79 Å². The maximum absolute atomic E-state index is 13.3. The number of nitrogens with one attached hydrogen (secondary N) is 1. The molecule has 0 spiro atoms. The van der Waals surface area contributed by atoms with E-state index in [4.69, 9.17) is 0 Å². The Bertz CT molecular complexity index is 1210. The molecule has 0 aliphatic carbocycles. The van der Waals surface area contributed by atoms with Crippen molar-refractivity contribution in [1.82, 2.24) is 19.6 Å². The first kappa shape index (κ1) is 20.0. The van der Waals surface area contributed by atoms with E-state index >= 15 is 0 Å². The second-order valence-electron chi connectivity index (χ2n) is 7.10. The number of amides is 1. The number of fused-ring (bicyclic) bond motifs is 1.